The molecule has 1 aromatic rings. The number of carbonyl (C=O) groups excluding carboxylic acids is 2. The minimum atomic E-state index is -0.716. The molecule has 8 heteroatoms. The summed E-state index contributed by atoms with van der Waals surface area (Å²) in [4.78, 5) is 24.7. The van der Waals surface area contributed by atoms with E-state index in [-0.39, 0.29) is 11.5 Å². The molecule has 3 N–H and O–H groups in total. The molecule has 0 aliphatic carbocycles. The van der Waals surface area contributed by atoms with E-state index < -0.39 is 18.0 Å². The lowest BCUT2D eigenvalue weighted by Gasteiger charge is -2.28. The maximum absolute atomic E-state index is 12.7. The van der Waals surface area contributed by atoms with Crippen LogP contribution in [-0.4, -0.2) is 30.8 Å². The monoisotopic (exact) mass is 454 g/mol. The highest BCUT2D eigenvalue weighted by Gasteiger charge is 2.33. The van der Waals surface area contributed by atoms with E-state index in [1.807, 2.05) is 0 Å². The highest BCUT2D eigenvalue weighted by Crippen LogP contribution is 2.39. The van der Waals surface area contributed by atoms with Crippen molar-refractivity contribution >= 4 is 27.9 Å². The molecule has 1 aliphatic heterocycles. The average Bonchev–Trinajstić information content (AvgIpc) is 2.65. The van der Waals surface area contributed by atoms with E-state index in [1.165, 1.54) is 13.5 Å². The first-order valence-electron chi connectivity index (χ1n) is 9.40. The lowest BCUT2D eigenvalue weighted by Crippen LogP contribution is -2.45. The van der Waals surface area contributed by atoms with Gasteiger partial charge in [-0.15, -0.1) is 0 Å². The van der Waals surface area contributed by atoms with Gasteiger partial charge in [-0.1, -0.05) is 32.6 Å². The molecular formula is C20H27BrN2O5. The molecular weight excluding hydrogens is 428 g/mol. The zero-order valence-corrected chi connectivity index (χ0v) is 18.0. The molecule has 154 valence electrons. The summed E-state index contributed by atoms with van der Waals surface area (Å²) in [5, 5.41) is 15.4. The minimum absolute atomic E-state index is 0.0524. The van der Waals surface area contributed by atoms with Gasteiger partial charge in [0.1, 0.15) is 0 Å². The quantitative estimate of drug-likeness (QED) is 0.381. The second-order valence-electron chi connectivity index (χ2n) is 6.67. The summed E-state index contributed by atoms with van der Waals surface area (Å²) in [6.45, 7) is 4.15. The molecule has 0 aromatic heterocycles. The normalized spacial score (nSPS) is 16.4. The zero-order chi connectivity index (χ0) is 20.7. The molecule has 0 saturated heterocycles. The molecule has 1 aromatic carbocycles. The third-order valence-corrected chi connectivity index (χ3v) is 5.18. The predicted molar refractivity (Wildman–Crippen MR) is 109 cm³/mol. The highest BCUT2D eigenvalue weighted by atomic mass is 79.9. The van der Waals surface area contributed by atoms with Crippen LogP contribution in [0.2, 0.25) is 0 Å². The topological polar surface area (TPSA) is 96.9 Å². The number of benzene rings is 1. The van der Waals surface area contributed by atoms with Gasteiger partial charge in [0.15, 0.2) is 11.5 Å². The molecule has 1 unspecified atom stereocenters. The van der Waals surface area contributed by atoms with Crippen molar-refractivity contribution in [1.82, 2.24) is 10.6 Å². The molecule has 1 heterocycles. The van der Waals surface area contributed by atoms with Gasteiger partial charge in [-0.3, -0.25) is 0 Å². The number of phenols is 1. The third-order valence-electron chi connectivity index (χ3n) is 4.57. The standard InChI is InChI=1S/C20H27BrN2O5/c1-4-5-6-7-8-9-28-19(25)16-12(2)22-20(26)23-17(16)13-10-14(21)18(24)15(11-13)27-3/h10-11,17,24H,4-9H2,1-3H3,(H2,22,23,26). The Balaban J connectivity index is 2.20. The van der Waals surface area contributed by atoms with Crippen LogP contribution in [0.15, 0.2) is 27.9 Å². The van der Waals surface area contributed by atoms with Crippen LogP contribution in [0, 0.1) is 0 Å². The van der Waals surface area contributed by atoms with E-state index in [4.69, 9.17) is 9.47 Å². The molecule has 2 amide bonds. The van der Waals surface area contributed by atoms with Gasteiger partial charge in [-0.05, 0) is 47.0 Å². The predicted octanol–water partition coefficient (Wildman–Crippen LogP) is 4.30. The number of urea groups is 1. The van der Waals surface area contributed by atoms with E-state index in [0.29, 0.717) is 27.9 Å². The second-order valence-corrected chi connectivity index (χ2v) is 7.53. The van der Waals surface area contributed by atoms with E-state index >= 15 is 0 Å². The number of halogens is 1. The van der Waals surface area contributed by atoms with Crippen LogP contribution in [0.1, 0.15) is 57.6 Å². The Morgan fingerprint density at radius 2 is 1.96 bits per heavy atom. The average molecular weight is 455 g/mol. The van der Waals surface area contributed by atoms with Crippen molar-refractivity contribution in [2.45, 2.75) is 52.0 Å². The summed E-state index contributed by atoms with van der Waals surface area (Å²) in [6.07, 6.45) is 5.27. The fourth-order valence-corrected chi connectivity index (χ4v) is 3.54. The van der Waals surface area contributed by atoms with Crippen molar-refractivity contribution in [2.24, 2.45) is 0 Å². The number of unbranched alkanes of at least 4 members (excludes halogenated alkanes) is 4. The minimum Gasteiger partial charge on any atom is -0.503 e. The molecule has 2 rings (SSSR count). The largest absolute Gasteiger partial charge is 0.503 e. The first-order valence-corrected chi connectivity index (χ1v) is 10.2. The van der Waals surface area contributed by atoms with E-state index in [0.717, 1.165) is 25.7 Å². The number of methoxy groups -OCH3 is 1. The number of phenolic OH excluding ortho intramolecular Hbond substituents is 1. The Morgan fingerprint density at radius 3 is 2.64 bits per heavy atom. The van der Waals surface area contributed by atoms with E-state index in [2.05, 4.69) is 33.5 Å². The molecule has 1 atom stereocenters. The number of ether oxygens (including phenoxy) is 2. The molecule has 1 aliphatic rings. The Labute approximate surface area is 173 Å². The number of nitrogens with one attached hydrogen (secondary N) is 2. The van der Waals surface area contributed by atoms with Crippen LogP contribution in [0.5, 0.6) is 11.5 Å². The second kappa shape index (κ2) is 10.4. The first kappa shape index (κ1) is 22.1. The van der Waals surface area contributed by atoms with Crippen LogP contribution in [0.3, 0.4) is 0 Å². The zero-order valence-electron chi connectivity index (χ0n) is 16.4. The molecule has 28 heavy (non-hydrogen) atoms. The van der Waals surface area contributed by atoms with Crippen molar-refractivity contribution in [3.8, 4) is 11.5 Å². The summed E-state index contributed by atoms with van der Waals surface area (Å²) < 4.78 is 11.0. The number of carbonyl (C=O) groups is 2. The van der Waals surface area contributed by atoms with Crippen molar-refractivity contribution < 1.29 is 24.2 Å². The first-order chi connectivity index (χ1) is 13.4. The van der Waals surface area contributed by atoms with Gasteiger partial charge in [0.05, 0.1) is 29.8 Å². The van der Waals surface area contributed by atoms with Crippen LogP contribution in [0.25, 0.3) is 0 Å². The van der Waals surface area contributed by atoms with Crippen LogP contribution >= 0.6 is 15.9 Å². The Hall–Kier alpha value is -2.22. The van der Waals surface area contributed by atoms with Gasteiger partial charge in [0.2, 0.25) is 0 Å². The summed E-state index contributed by atoms with van der Waals surface area (Å²) in [6, 6.07) is 2.09. The Bertz CT molecular complexity index is 763. The number of hydrogen-bond acceptors (Lipinski definition) is 5. The van der Waals surface area contributed by atoms with Crippen LogP contribution < -0.4 is 15.4 Å². The number of rotatable bonds is 9. The SMILES string of the molecule is CCCCCCCOC(=O)C1=C(C)NC(=O)NC1c1cc(Br)c(O)c(OC)c1. The van der Waals surface area contributed by atoms with Gasteiger partial charge in [-0.2, -0.15) is 0 Å². The smallest absolute Gasteiger partial charge is 0.338 e. The van der Waals surface area contributed by atoms with Gasteiger partial charge >= 0.3 is 12.0 Å². The molecule has 7 nitrogen and oxygen atoms in total. The van der Waals surface area contributed by atoms with E-state index in [1.54, 1.807) is 19.1 Å². The fourth-order valence-electron chi connectivity index (χ4n) is 3.08. The van der Waals surface area contributed by atoms with Crippen molar-refractivity contribution in [3.05, 3.63) is 33.4 Å². The number of aromatic hydroxyl groups is 1. The molecule has 0 bridgehead atoms. The summed E-state index contributed by atoms with van der Waals surface area (Å²) in [5.74, 6) is -0.296. The third kappa shape index (κ3) is 5.41. The Kier molecular flexibility index (Phi) is 8.17. The van der Waals surface area contributed by atoms with Crippen molar-refractivity contribution in [2.75, 3.05) is 13.7 Å². The van der Waals surface area contributed by atoms with Crippen LogP contribution in [-0.2, 0) is 9.53 Å². The van der Waals surface area contributed by atoms with Crippen molar-refractivity contribution in [1.29, 1.82) is 0 Å². The summed E-state index contributed by atoms with van der Waals surface area (Å²) >= 11 is 3.27. The number of esters is 1. The molecule has 0 spiro atoms. The number of allylic oxidation sites excluding steroid dienone is 1. The molecule has 0 fully saturated rings. The fraction of sp³-hybridized carbons (Fsp3) is 0.500. The van der Waals surface area contributed by atoms with Gasteiger partial charge in [0.25, 0.3) is 0 Å². The van der Waals surface area contributed by atoms with E-state index in [9.17, 15) is 14.7 Å². The van der Waals surface area contributed by atoms with Gasteiger partial charge in [-0.25, -0.2) is 9.59 Å². The highest BCUT2D eigenvalue weighted by molar-refractivity contribution is 9.10. The Morgan fingerprint density at radius 1 is 1.25 bits per heavy atom. The maximum Gasteiger partial charge on any atom is 0.338 e. The molecule has 0 saturated carbocycles. The van der Waals surface area contributed by atoms with Crippen LogP contribution in [0.4, 0.5) is 4.79 Å². The van der Waals surface area contributed by atoms with Gasteiger partial charge in [0, 0.05) is 5.70 Å². The van der Waals surface area contributed by atoms with Crippen molar-refractivity contribution in [3.63, 3.8) is 0 Å². The van der Waals surface area contributed by atoms with Gasteiger partial charge < -0.3 is 25.2 Å². The summed E-state index contributed by atoms with van der Waals surface area (Å²) in [5.41, 5.74) is 1.35. The lowest BCUT2D eigenvalue weighted by molar-refractivity contribution is -0.139. The number of hydrogen-bond donors (Lipinski definition) is 3. The number of amides is 2. The summed E-state index contributed by atoms with van der Waals surface area (Å²) in [7, 11) is 1.43. The lowest BCUT2D eigenvalue weighted by atomic mass is 9.95. The maximum atomic E-state index is 12.7. The molecule has 0 radical (unpaired) electrons.